The van der Waals surface area contributed by atoms with Gasteiger partial charge in [-0.2, -0.15) is 0 Å². The van der Waals surface area contributed by atoms with E-state index in [9.17, 15) is 14.4 Å². The lowest BCUT2D eigenvalue weighted by molar-refractivity contribution is -0.145. The predicted octanol–water partition coefficient (Wildman–Crippen LogP) is 1.94. The summed E-state index contributed by atoms with van der Waals surface area (Å²) in [4.78, 5) is 35.5. The monoisotopic (exact) mass is 274 g/mol. The van der Waals surface area contributed by atoms with Crippen molar-refractivity contribution < 1.29 is 14.4 Å². The number of carbonyl (C=O) groups excluding carboxylic acids is 3. The number of rotatable bonds is 4. The molecule has 1 aromatic carbocycles. The lowest BCUT2D eigenvalue weighted by Crippen LogP contribution is -2.62. The Morgan fingerprint density at radius 3 is 2.10 bits per heavy atom. The van der Waals surface area contributed by atoms with Crippen molar-refractivity contribution in [3.63, 3.8) is 0 Å². The minimum absolute atomic E-state index is 0.0425. The number of hydrogen-bond donors (Lipinski definition) is 2. The van der Waals surface area contributed by atoms with Crippen molar-refractivity contribution in [2.75, 3.05) is 0 Å². The van der Waals surface area contributed by atoms with Gasteiger partial charge in [-0.1, -0.05) is 44.2 Å². The number of amides is 4. The molecule has 1 saturated heterocycles. The maximum Gasteiger partial charge on any atom is 0.328 e. The molecular formula is C15H18N2O3. The highest BCUT2D eigenvalue weighted by molar-refractivity contribution is 6.19. The molecule has 20 heavy (non-hydrogen) atoms. The molecular weight excluding hydrogens is 256 g/mol. The van der Waals surface area contributed by atoms with E-state index in [-0.39, 0.29) is 5.92 Å². The van der Waals surface area contributed by atoms with Gasteiger partial charge in [0.05, 0.1) is 0 Å². The Kier molecular flexibility index (Phi) is 3.88. The van der Waals surface area contributed by atoms with Gasteiger partial charge in [-0.25, -0.2) is 4.79 Å². The molecule has 4 amide bonds. The van der Waals surface area contributed by atoms with Crippen molar-refractivity contribution in [2.24, 2.45) is 5.41 Å². The second-order valence-corrected chi connectivity index (χ2v) is 5.19. The normalized spacial score (nSPS) is 19.2. The van der Waals surface area contributed by atoms with E-state index in [0.29, 0.717) is 12.8 Å². The minimum atomic E-state index is -1.18. The molecule has 0 radical (unpaired) electrons. The molecule has 1 fully saturated rings. The molecule has 0 bridgehead atoms. The van der Waals surface area contributed by atoms with E-state index in [1.807, 2.05) is 37.3 Å². The lowest BCUT2D eigenvalue weighted by Gasteiger charge is -2.35. The Bertz CT molecular complexity index is 519. The second kappa shape index (κ2) is 5.45. The highest BCUT2D eigenvalue weighted by Gasteiger charge is 2.49. The molecule has 1 heterocycles. The topological polar surface area (TPSA) is 75.3 Å². The van der Waals surface area contributed by atoms with Gasteiger partial charge in [0, 0.05) is 0 Å². The standard InChI is InChI=1S/C15H18N2O3/c1-3-15(12(18)16-14(20)17-13(15)19)9-10(2)11-7-5-4-6-8-11/h4-8,10H,3,9H2,1-2H3,(H2,16,17,18,19,20)/t10-/m0/s1. The highest BCUT2D eigenvalue weighted by atomic mass is 16.2. The quantitative estimate of drug-likeness (QED) is 0.824. The summed E-state index contributed by atoms with van der Waals surface area (Å²) in [5.41, 5.74) is -0.110. The van der Waals surface area contributed by atoms with Crippen LogP contribution in [0.4, 0.5) is 4.79 Å². The van der Waals surface area contributed by atoms with Crippen molar-refractivity contribution in [1.29, 1.82) is 0 Å². The van der Waals surface area contributed by atoms with Gasteiger partial charge in [0.25, 0.3) is 0 Å². The van der Waals surface area contributed by atoms with Gasteiger partial charge in [0.2, 0.25) is 11.8 Å². The van der Waals surface area contributed by atoms with Gasteiger partial charge < -0.3 is 0 Å². The van der Waals surface area contributed by atoms with E-state index in [1.165, 1.54) is 0 Å². The van der Waals surface area contributed by atoms with Crippen LogP contribution in [-0.4, -0.2) is 17.8 Å². The summed E-state index contributed by atoms with van der Waals surface area (Å²) in [6, 6.07) is 8.97. The first kappa shape index (κ1) is 14.2. The van der Waals surface area contributed by atoms with Crippen LogP contribution in [-0.2, 0) is 9.59 Å². The minimum Gasteiger partial charge on any atom is -0.277 e. The van der Waals surface area contributed by atoms with Gasteiger partial charge in [0.15, 0.2) is 0 Å². The van der Waals surface area contributed by atoms with Gasteiger partial charge in [-0.15, -0.1) is 0 Å². The highest BCUT2D eigenvalue weighted by Crippen LogP contribution is 2.36. The molecule has 2 rings (SSSR count). The number of nitrogens with one attached hydrogen (secondary N) is 2. The fourth-order valence-electron chi connectivity index (χ4n) is 2.65. The second-order valence-electron chi connectivity index (χ2n) is 5.19. The zero-order chi connectivity index (χ0) is 14.8. The zero-order valence-electron chi connectivity index (χ0n) is 11.6. The van der Waals surface area contributed by atoms with E-state index < -0.39 is 23.3 Å². The third-order valence-corrected chi connectivity index (χ3v) is 3.95. The van der Waals surface area contributed by atoms with Crippen molar-refractivity contribution in [3.8, 4) is 0 Å². The number of hydrogen-bond acceptors (Lipinski definition) is 3. The smallest absolute Gasteiger partial charge is 0.277 e. The fourth-order valence-corrected chi connectivity index (χ4v) is 2.65. The molecule has 0 unspecified atom stereocenters. The van der Waals surface area contributed by atoms with Crippen LogP contribution >= 0.6 is 0 Å². The van der Waals surface area contributed by atoms with Crippen LogP contribution < -0.4 is 10.6 Å². The largest absolute Gasteiger partial charge is 0.328 e. The number of urea groups is 1. The molecule has 1 aliphatic heterocycles. The number of benzene rings is 1. The van der Waals surface area contributed by atoms with Crippen molar-refractivity contribution in [1.82, 2.24) is 10.6 Å². The van der Waals surface area contributed by atoms with Crippen LogP contribution in [0, 0.1) is 5.41 Å². The van der Waals surface area contributed by atoms with Crippen LogP contribution in [0.5, 0.6) is 0 Å². The maximum absolute atomic E-state index is 12.1. The zero-order valence-corrected chi connectivity index (χ0v) is 11.6. The van der Waals surface area contributed by atoms with Gasteiger partial charge in [-0.05, 0) is 24.3 Å². The van der Waals surface area contributed by atoms with Gasteiger partial charge in [-0.3, -0.25) is 20.2 Å². The third-order valence-electron chi connectivity index (χ3n) is 3.95. The Morgan fingerprint density at radius 2 is 1.60 bits per heavy atom. The van der Waals surface area contributed by atoms with Crippen molar-refractivity contribution >= 4 is 17.8 Å². The van der Waals surface area contributed by atoms with Crippen LogP contribution in [0.1, 0.15) is 38.2 Å². The molecule has 0 aromatic heterocycles. The summed E-state index contributed by atoms with van der Waals surface area (Å²) in [6.45, 7) is 3.76. The van der Waals surface area contributed by atoms with E-state index in [4.69, 9.17) is 0 Å². The summed E-state index contributed by atoms with van der Waals surface area (Å²) in [6.07, 6.45) is 0.730. The van der Waals surface area contributed by atoms with Crippen LogP contribution in [0.15, 0.2) is 30.3 Å². The van der Waals surface area contributed by atoms with E-state index in [1.54, 1.807) is 6.92 Å². The van der Waals surface area contributed by atoms with Gasteiger partial charge >= 0.3 is 6.03 Å². The predicted molar refractivity (Wildman–Crippen MR) is 73.9 cm³/mol. The SMILES string of the molecule is CCC1(C[C@H](C)c2ccccc2)C(=O)NC(=O)NC1=O. The molecule has 0 spiro atoms. The summed E-state index contributed by atoms with van der Waals surface area (Å²) in [7, 11) is 0. The first-order chi connectivity index (χ1) is 9.49. The van der Waals surface area contributed by atoms with Crippen LogP contribution in [0.2, 0.25) is 0 Å². The molecule has 1 aromatic rings. The first-order valence-corrected chi connectivity index (χ1v) is 6.71. The maximum atomic E-state index is 12.1. The Morgan fingerprint density at radius 1 is 1.05 bits per heavy atom. The fraction of sp³-hybridized carbons (Fsp3) is 0.400. The molecule has 0 saturated carbocycles. The van der Waals surface area contributed by atoms with E-state index in [2.05, 4.69) is 10.6 Å². The molecule has 1 aliphatic rings. The van der Waals surface area contributed by atoms with Crippen molar-refractivity contribution in [3.05, 3.63) is 35.9 Å². The number of barbiturate groups is 1. The average molecular weight is 274 g/mol. The Labute approximate surface area is 117 Å². The summed E-state index contributed by atoms with van der Waals surface area (Å²) >= 11 is 0. The lowest BCUT2D eigenvalue weighted by atomic mass is 9.73. The molecule has 106 valence electrons. The first-order valence-electron chi connectivity index (χ1n) is 6.71. The Hall–Kier alpha value is -2.17. The summed E-state index contributed by atoms with van der Waals surface area (Å²) in [5.74, 6) is -0.964. The molecule has 2 N–H and O–H groups in total. The summed E-state index contributed by atoms with van der Waals surface area (Å²) < 4.78 is 0. The van der Waals surface area contributed by atoms with Crippen molar-refractivity contribution in [2.45, 2.75) is 32.6 Å². The third kappa shape index (κ3) is 2.43. The average Bonchev–Trinajstić information content (AvgIpc) is 2.43. The molecule has 5 heteroatoms. The van der Waals surface area contributed by atoms with Gasteiger partial charge in [0.1, 0.15) is 5.41 Å². The molecule has 1 atom stereocenters. The number of carbonyl (C=O) groups is 3. The summed E-state index contributed by atoms with van der Waals surface area (Å²) in [5, 5.41) is 4.40. The van der Waals surface area contributed by atoms with Crippen LogP contribution in [0.25, 0.3) is 0 Å². The number of imide groups is 2. The van der Waals surface area contributed by atoms with E-state index >= 15 is 0 Å². The van der Waals surface area contributed by atoms with E-state index in [0.717, 1.165) is 5.56 Å². The van der Waals surface area contributed by atoms with Crippen LogP contribution in [0.3, 0.4) is 0 Å². The molecule has 0 aliphatic carbocycles. The Balaban J connectivity index is 2.25. The molecule has 5 nitrogen and oxygen atoms in total.